The Bertz CT molecular complexity index is 882. The predicted molar refractivity (Wildman–Crippen MR) is 97.3 cm³/mol. The molecular formula is C17H20N2O4S2. The summed E-state index contributed by atoms with van der Waals surface area (Å²) >= 11 is 1.32. The number of hydrogen-bond donors (Lipinski definition) is 0. The third-order valence-corrected chi connectivity index (χ3v) is 6.10. The molecule has 2 aromatic rings. The molecule has 0 radical (unpaired) electrons. The van der Waals surface area contributed by atoms with Crippen molar-refractivity contribution >= 4 is 32.1 Å². The molecule has 1 aromatic carbocycles. The molecule has 8 heteroatoms. The molecule has 0 aliphatic carbocycles. The van der Waals surface area contributed by atoms with Crippen LogP contribution in [0.4, 0.5) is 5.13 Å². The van der Waals surface area contributed by atoms with Gasteiger partial charge in [-0.05, 0) is 26.0 Å². The summed E-state index contributed by atoms with van der Waals surface area (Å²) in [5, 5.41) is 0.782. The number of ketones is 1. The molecule has 1 saturated heterocycles. The van der Waals surface area contributed by atoms with Gasteiger partial charge < -0.3 is 9.64 Å². The fraction of sp³-hybridized carbons (Fsp3) is 0.412. The van der Waals surface area contributed by atoms with E-state index in [-0.39, 0.29) is 22.9 Å². The number of benzene rings is 1. The first-order valence-corrected chi connectivity index (χ1v) is 10.7. The van der Waals surface area contributed by atoms with Crippen molar-refractivity contribution in [1.82, 2.24) is 4.98 Å². The maximum atomic E-state index is 12.7. The highest BCUT2D eigenvalue weighted by Gasteiger charge is 2.25. The summed E-state index contributed by atoms with van der Waals surface area (Å²) in [7, 11) is -3.35. The zero-order valence-corrected chi connectivity index (χ0v) is 15.9. The van der Waals surface area contributed by atoms with Crippen molar-refractivity contribution in [3.8, 4) is 0 Å². The summed E-state index contributed by atoms with van der Waals surface area (Å²) in [5.41, 5.74) is 0.349. The van der Waals surface area contributed by atoms with E-state index in [1.165, 1.54) is 23.5 Å². The first-order chi connectivity index (χ1) is 11.7. The van der Waals surface area contributed by atoms with Crippen molar-refractivity contribution in [2.24, 2.45) is 0 Å². The van der Waals surface area contributed by atoms with Crippen LogP contribution in [0.5, 0.6) is 0 Å². The topological polar surface area (TPSA) is 76.6 Å². The van der Waals surface area contributed by atoms with Gasteiger partial charge in [-0.1, -0.05) is 23.5 Å². The minimum Gasteiger partial charge on any atom is -0.372 e. The first-order valence-electron chi connectivity index (χ1n) is 7.95. The highest BCUT2D eigenvalue weighted by atomic mass is 32.2. The average molecular weight is 380 g/mol. The van der Waals surface area contributed by atoms with Gasteiger partial charge in [0.05, 0.1) is 28.2 Å². The van der Waals surface area contributed by atoms with Crippen LogP contribution in [0.2, 0.25) is 0 Å². The minimum atomic E-state index is -3.35. The molecule has 0 unspecified atom stereocenters. The number of nitrogens with zero attached hydrogens (tertiary/aromatic N) is 2. The number of morpholine rings is 1. The van der Waals surface area contributed by atoms with Gasteiger partial charge in [0.2, 0.25) is 5.78 Å². The SMILES string of the molecule is C[C@@H]1CN(c2ncc(C(=O)c3cccc(S(C)(=O)=O)c3)s2)C[C@H](C)O1. The van der Waals surface area contributed by atoms with E-state index in [4.69, 9.17) is 4.74 Å². The van der Waals surface area contributed by atoms with Crippen LogP contribution in [0, 0.1) is 0 Å². The highest BCUT2D eigenvalue weighted by molar-refractivity contribution is 7.90. The Morgan fingerprint density at radius 2 is 1.96 bits per heavy atom. The Balaban J connectivity index is 1.84. The summed E-state index contributed by atoms with van der Waals surface area (Å²) in [5.74, 6) is -0.219. The highest BCUT2D eigenvalue weighted by Crippen LogP contribution is 2.27. The molecule has 1 aliphatic rings. The van der Waals surface area contributed by atoms with Crippen LogP contribution >= 0.6 is 11.3 Å². The van der Waals surface area contributed by atoms with E-state index in [0.29, 0.717) is 10.4 Å². The van der Waals surface area contributed by atoms with Crippen molar-refractivity contribution < 1.29 is 17.9 Å². The molecule has 134 valence electrons. The van der Waals surface area contributed by atoms with E-state index in [9.17, 15) is 13.2 Å². The molecule has 0 saturated carbocycles. The van der Waals surface area contributed by atoms with E-state index in [2.05, 4.69) is 9.88 Å². The normalized spacial score (nSPS) is 21.3. The largest absolute Gasteiger partial charge is 0.372 e. The van der Waals surface area contributed by atoms with Gasteiger partial charge in [0, 0.05) is 24.9 Å². The van der Waals surface area contributed by atoms with Gasteiger partial charge >= 0.3 is 0 Å². The maximum Gasteiger partial charge on any atom is 0.204 e. The second kappa shape index (κ2) is 6.86. The zero-order chi connectivity index (χ0) is 18.2. The van der Waals surface area contributed by atoms with Crippen molar-refractivity contribution in [2.75, 3.05) is 24.2 Å². The van der Waals surface area contributed by atoms with Crippen LogP contribution in [0.15, 0.2) is 35.4 Å². The van der Waals surface area contributed by atoms with E-state index < -0.39 is 9.84 Å². The first kappa shape index (κ1) is 18.0. The van der Waals surface area contributed by atoms with Crippen LogP contribution in [-0.2, 0) is 14.6 Å². The van der Waals surface area contributed by atoms with E-state index >= 15 is 0 Å². The molecule has 2 atom stereocenters. The monoisotopic (exact) mass is 380 g/mol. The molecule has 1 aliphatic heterocycles. The Kier molecular flexibility index (Phi) is 4.95. The maximum absolute atomic E-state index is 12.7. The third kappa shape index (κ3) is 4.08. The summed E-state index contributed by atoms with van der Waals surface area (Å²) in [4.78, 5) is 19.8. The number of carbonyl (C=O) groups is 1. The Morgan fingerprint density at radius 1 is 1.28 bits per heavy atom. The Labute approximate surface area is 151 Å². The molecule has 1 aromatic heterocycles. The van der Waals surface area contributed by atoms with Crippen molar-refractivity contribution in [3.05, 3.63) is 40.9 Å². The average Bonchev–Trinajstić information content (AvgIpc) is 3.02. The Morgan fingerprint density at radius 3 is 2.60 bits per heavy atom. The number of ether oxygens (including phenoxy) is 1. The Hall–Kier alpha value is -1.77. The van der Waals surface area contributed by atoms with Gasteiger partial charge in [0.15, 0.2) is 15.0 Å². The standard InChI is InChI=1S/C17H20N2O4S2/c1-11-9-19(10-12(2)23-11)17-18-8-15(24-17)16(20)13-5-4-6-14(7-13)25(3,21)22/h4-8,11-12H,9-10H2,1-3H3/t11-,12+. The number of anilines is 1. The molecule has 0 amide bonds. The number of aromatic nitrogens is 1. The van der Waals surface area contributed by atoms with Gasteiger partial charge in [-0.2, -0.15) is 0 Å². The molecule has 1 fully saturated rings. The lowest BCUT2D eigenvalue weighted by Gasteiger charge is -2.35. The third-order valence-electron chi connectivity index (χ3n) is 3.93. The predicted octanol–water partition coefficient (Wildman–Crippen LogP) is 2.39. The summed E-state index contributed by atoms with van der Waals surface area (Å²) < 4.78 is 29.1. The fourth-order valence-corrected chi connectivity index (χ4v) is 4.42. The second-order valence-corrected chi connectivity index (χ2v) is 9.32. The summed E-state index contributed by atoms with van der Waals surface area (Å²) in [6.07, 6.45) is 2.90. The molecule has 6 nitrogen and oxygen atoms in total. The summed E-state index contributed by atoms with van der Waals surface area (Å²) in [6.45, 7) is 5.49. The quantitative estimate of drug-likeness (QED) is 0.758. The van der Waals surface area contributed by atoms with Crippen molar-refractivity contribution in [2.45, 2.75) is 31.0 Å². The van der Waals surface area contributed by atoms with Crippen molar-refractivity contribution in [1.29, 1.82) is 0 Å². The van der Waals surface area contributed by atoms with Gasteiger partial charge in [-0.3, -0.25) is 4.79 Å². The smallest absolute Gasteiger partial charge is 0.204 e. The number of thiazole rings is 1. The van der Waals surface area contributed by atoms with Crippen LogP contribution in [0.1, 0.15) is 29.1 Å². The van der Waals surface area contributed by atoms with Crippen LogP contribution < -0.4 is 4.90 Å². The molecule has 2 heterocycles. The molecule has 0 spiro atoms. The fourth-order valence-electron chi connectivity index (χ4n) is 2.86. The molecular weight excluding hydrogens is 360 g/mol. The zero-order valence-electron chi connectivity index (χ0n) is 14.3. The number of carbonyl (C=O) groups excluding carboxylic acids is 1. The summed E-state index contributed by atoms with van der Waals surface area (Å²) in [6, 6.07) is 6.10. The van der Waals surface area contributed by atoms with Gasteiger partial charge in [-0.15, -0.1) is 0 Å². The number of rotatable bonds is 4. The molecule has 3 rings (SSSR count). The number of sulfone groups is 1. The van der Waals surface area contributed by atoms with Crippen LogP contribution in [-0.4, -0.2) is 50.7 Å². The number of hydrogen-bond acceptors (Lipinski definition) is 7. The molecule has 25 heavy (non-hydrogen) atoms. The minimum absolute atomic E-state index is 0.109. The van der Waals surface area contributed by atoms with Gasteiger partial charge in [-0.25, -0.2) is 13.4 Å². The van der Waals surface area contributed by atoms with Crippen LogP contribution in [0.25, 0.3) is 0 Å². The lowest BCUT2D eigenvalue weighted by molar-refractivity contribution is -0.00522. The van der Waals surface area contributed by atoms with Crippen molar-refractivity contribution in [3.63, 3.8) is 0 Å². The molecule has 0 N–H and O–H groups in total. The lowest BCUT2D eigenvalue weighted by Crippen LogP contribution is -2.45. The van der Waals surface area contributed by atoms with Gasteiger partial charge in [0.1, 0.15) is 0 Å². The van der Waals surface area contributed by atoms with Gasteiger partial charge in [0.25, 0.3) is 0 Å². The van der Waals surface area contributed by atoms with E-state index in [1.54, 1.807) is 18.3 Å². The lowest BCUT2D eigenvalue weighted by atomic mass is 10.1. The molecule has 0 bridgehead atoms. The van der Waals surface area contributed by atoms with E-state index in [0.717, 1.165) is 24.5 Å². The van der Waals surface area contributed by atoms with E-state index in [1.807, 2.05) is 13.8 Å². The second-order valence-electron chi connectivity index (χ2n) is 6.30. The van der Waals surface area contributed by atoms with Crippen LogP contribution in [0.3, 0.4) is 0 Å².